The van der Waals surface area contributed by atoms with Crippen molar-refractivity contribution in [2.45, 2.75) is 40.7 Å². The Labute approximate surface area is 120 Å². The van der Waals surface area contributed by atoms with E-state index in [1.54, 1.807) is 0 Å². The largest absolute Gasteiger partial charge is 0.306 e. The second kappa shape index (κ2) is 5.89. The summed E-state index contributed by atoms with van der Waals surface area (Å²) in [6.45, 7) is 11.9. The highest BCUT2D eigenvalue weighted by atomic mass is 32.1. The zero-order chi connectivity index (χ0) is 14.0. The number of benzene rings is 1. The molecule has 0 aliphatic heterocycles. The molecule has 0 saturated heterocycles. The minimum atomic E-state index is 0.322. The van der Waals surface area contributed by atoms with E-state index in [1.807, 2.05) is 11.3 Å². The molecule has 1 aromatic heterocycles. The first-order chi connectivity index (χ1) is 9.02. The summed E-state index contributed by atoms with van der Waals surface area (Å²) in [5.41, 5.74) is 5.49. The summed E-state index contributed by atoms with van der Waals surface area (Å²) in [4.78, 5) is 2.84. The number of nitrogens with one attached hydrogen (secondary N) is 1. The molecular formula is C17H23NS. The molecule has 2 heteroatoms. The Morgan fingerprint density at radius 3 is 2.37 bits per heavy atom. The smallest absolute Gasteiger partial charge is 0.0673 e. The molecule has 1 aromatic carbocycles. The van der Waals surface area contributed by atoms with E-state index in [1.165, 1.54) is 32.0 Å². The van der Waals surface area contributed by atoms with Gasteiger partial charge in [-0.2, -0.15) is 0 Å². The van der Waals surface area contributed by atoms with Crippen molar-refractivity contribution in [3.05, 3.63) is 56.3 Å². The van der Waals surface area contributed by atoms with Crippen LogP contribution in [0.25, 0.3) is 0 Å². The summed E-state index contributed by atoms with van der Waals surface area (Å²) in [7, 11) is 0. The minimum absolute atomic E-state index is 0.322. The maximum atomic E-state index is 3.63. The predicted molar refractivity (Wildman–Crippen MR) is 85.2 cm³/mol. The fourth-order valence-corrected chi connectivity index (χ4v) is 3.52. The van der Waals surface area contributed by atoms with Gasteiger partial charge in [0.15, 0.2) is 0 Å². The molecule has 0 fully saturated rings. The fourth-order valence-electron chi connectivity index (χ4n) is 2.38. The fraction of sp³-hybridized carbons (Fsp3) is 0.412. The molecule has 1 heterocycles. The lowest BCUT2D eigenvalue weighted by molar-refractivity contribution is 0.636. The number of hydrogen-bond acceptors (Lipinski definition) is 2. The van der Waals surface area contributed by atoms with E-state index in [9.17, 15) is 0 Å². The van der Waals surface area contributed by atoms with Crippen molar-refractivity contribution in [2.75, 3.05) is 6.54 Å². The quantitative estimate of drug-likeness (QED) is 0.853. The van der Waals surface area contributed by atoms with Crippen LogP contribution in [0.4, 0.5) is 0 Å². The predicted octanol–water partition coefficient (Wildman–Crippen LogP) is 4.68. The summed E-state index contributed by atoms with van der Waals surface area (Å²) >= 11 is 1.91. The zero-order valence-corrected chi connectivity index (χ0v) is 13.3. The topological polar surface area (TPSA) is 12.0 Å². The first-order valence-electron chi connectivity index (χ1n) is 6.90. The van der Waals surface area contributed by atoms with Crippen molar-refractivity contribution >= 4 is 11.3 Å². The van der Waals surface area contributed by atoms with Crippen LogP contribution in [0.3, 0.4) is 0 Å². The van der Waals surface area contributed by atoms with Crippen LogP contribution in [0.1, 0.15) is 45.0 Å². The van der Waals surface area contributed by atoms with Gasteiger partial charge in [-0.25, -0.2) is 0 Å². The molecule has 2 rings (SSSR count). The number of rotatable bonds is 4. The van der Waals surface area contributed by atoms with Crippen molar-refractivity contribution in [1.82, 2.24) is 5.32 Å². The zero-order valence-electron chi connectivity index (χ0n) is 12.5. The molecule has 0 spiro atoms. The second-order valence-electron chi connectivity index (χ2n) is 5.24. The van der Waals surface area contributed by atoms with Crippen molar-refractivity contribution in [3.8, 4) is 0 Å². The molecule has 19 heavy (non-hydrogen) atoms. The molecule has 0 bridgehead atoms. The summed E-state index contributed by atoms with van der Waals surface area (Å²) in [5.74, 6) is 0. The maximum Gasteiger partial charge on any atom is 0.0673 e. The van der Waals surface area contributed by atoms with Crippen LogP contribution in [0.2, 0.25) is 0 Å². The van der Waals surface area contributed by atoms with E-state index in [4.69, 9.17) is 0 Å². The van der Waals surface area contributed by atoms with Crippen molar-refractivity contribution in [1.29, 1.82) is 0 Å². The van der Waals surface area contributed by atoms with E-state index in [0.29, 0.717) is 6.04 Å². The molecule has 1 N–H and O–H groups in total. The second-order valence-corrected chi connectivity index (χ2v) is 6.53. The Balaban J connectivity index is 2.47. The molecule has 0 saturated carbocycles. The van der Waals surface area contributed by atoms with Gasteiger partial charge in [0.1, 0.15) is 0 Å². The summed E-state index contributed by atoms with van der Waals surface area (Å²) in [6, 6.07) is 9.37. The summed E-state index contributed by atoms with van der Waals surface area (Å²) in [5, 5.41) is 3.63. The molecule has 1 unspecified atom stereocenters. The van der Waals surface area contributed by atoms with Gasteiger partial charge in [-0.15, -0.1) is 11.3 Å². The van der Waals surface area contributed by atoms with E-state index in [2.05, 4.69) is 64.2 Å². The maximum absolute atomic E-state index is 3.63. The summed E-state index contributed by atoms with van der Waals surface area (Å²) < 4.78 is 0. The molecule has 2 aromatic rings. The van der Waals surface area contributed by atoms with Crippen LogP contribution in [0.5, 0.6) is 0 Å². The van der Waals surface area contributed by atoms with Crippen LogP contribution in [-0.2, 0) is 0 Å². The SMILES string of the molecule is CCNC(c1cc(C)c(C)s1)c1cc(C)ccc1C. The highest BCUT2D eigenvalue weighted by molar-refractivity contribution is 7.12. The molecule has 102 valence electrons. The first kappa shape index (κ1) is 14.3. The monoisotopic (exact) mass is 273 g/mol. The molecule has 1 nitrogen and oxygen atoms in total. The van der Waals surface area contributed by atoms with Crippen molar-refractivity contribution in [3.63, 3.8) is 0 Å². The van der Waals surface area contributed by atoms with Crippen LogP contribution in [0.15, 0.2) is 24.3 Å². The standard InChI is InChI=1S/C17H23NS/c1-6-18-17(16-10-13(4)14(5)19-16)15-9-11(2)7-8-12(15)3/h7-10,17-18H,6H2,1-5H3. The van der Waals surface area contributed by atoms with Gasteiger partial charge in [0, 0.05) is 9.75 Å². The van der Waals surface area contributed by atoms with Gasteiger partial charge in [-0.3, -0.25) is 0 Å². The average Bonchev–Trinajstić information content (AvgIpc) is 2.70. The van der Waals surface area contributed by atoms with E-state index >= 15 is 0 Å². The Bertz CT molecular complexity index is 549. The highest BCUT2D eigenvalue weighted by Crippen LogP contribution is 2.32. The van der Waals surface area contributed by atoms with Gasteiger partial charge < -0.3 is 5.32 Å². The van der Waals surface area contributed by atoms with E-state index in [0.717, 1.165) is 6.54 Å². The number of thiophene rings is 1. The van der Waals surface area contributed by atoms with Gasteiger partial charge in [0.25, 0.3) is 0 Å². The third-order valence-corrected chi connectivity index (χ3v) is 4.84. The Morgan fingerprint density at radius 2 is 1.79 bits per heavy atom. The normalized spacial score (nSPS) is 12.7. The van der Waals surface area contributed by atoms with Crippen LogP contribution in [0, 0.1) is 27.7 Å². The minimum Gasteiger partial charge on any atom is -0.306 e. The van der Waals surface area contributed by atoms with Gasteiger partial charge in [0.2, 0.25) is 0 Å². The van der Waals surface area contributed by atoms with Crippen LogP contribution in [-0.4, -0.2) is 6.54 Å². The van der Waals surface area contributed by atoms with Crippen molar-refractivity contribution < 1.29 is 0 Å². The highest BCUT2D eigenvalue weighted by Gasteiger charge is 2.18. The Kier molecular flexibility index (Phi) is 4.43. The lowest BCUT2D eigenvalue weighted by Gasteiger charge is -2.20. The summed E-state index contributed by atoms with van der Waals surface area (Å²) in [6.07, 6.45) is 0. The van der Waals surface area contributed by atoms with Gasteiger partial charge in [-0.1, -0.05) is 30.7 Å². The average molecular weight is 273 g/mol. The van der Waals surface area contributed by atoms with Gasteiger partial charge in [0.05, 0.1) is 6.04 Å². The molecule has 0 aliphatic carbocycles. The van der Waals surface area contributed by atoms with Gasteiger partial charge >= 0.3 is 0 Å². The Hall–Kier alpha value is -1.12. The molecule has 0 aliphatic rings. The lowest BCUT2D eigenvalue weighted by Crippen LogP contribution is -2.22. The van der Waals surface area contributed by atoms with E-state index < -0.39 is 0 Å². The number of aryl methyl sites for hydroxylation is 4. The third-order valence-electron chi connectivity index (χ3n) is 3.62. The van der Waals surface area contributed by atoms with Crippen LogP contribution < -0.4 is 5.32 Å². The third kappa shape index (κ3) is 3.07. The van der Waals surface area contributed by atoms with Gasteiger partial charge in [-0.05, 0) is 57.0 Å². The van der Waals surface area contributed by atoms with Crippen molar-refractivity contribution in [2.24, 2.45) is 0 Å². The number of hydrogen-bond donors (Lipinski definition) is 1. The molecule has 0 radical (unpaired) electrons. The Morgan fingerprint density at radius 1 is 1.05 bits per heavy atom. The van der Waals surface area contributed by atoms with Crippen LogP contribution >= 0.6 is 11.3 Å². The lowest BCUT2D eigenvalue weighted by atomic mass is 9.97. The molecular weight excluding hydrogens is 250 g/mol. The van der Waals surface area contributed by atoms with E-state index in [-0.39, 0.29) is 0 Å². The molecule has 0 amide bonds. The first-order valence-corrected chi connectivity index (χ1v) is 7.72. The molecule has 1 atom stereocenters.